The highest BCUT2D eigenvalue weighted by Crippen LogP contribution is 2.40. The van der Waals surface area contributed by atoms with E-state index >= 15 is 0 Å². The Labute approximate surface area is 131 Å². The number of rotatable bonds is 2. The lowest BCUT2D eigenvalue weighted by Crippen LogP contribution is -2.31. The normalized spacial score (nSPS) is 15.7. The maximum Gasteiger partial charge on any atom is 0.251 e. The Kier molecular flexibility index (Phi) is 3.76. The van der Waals surface area contributed by atoms with Crippen molar-refractivity contribution in [2.75, 3.05) is 6.54 Å². The number of benzene rings is 1. The van der Waals surface area contributed by atoms with Crippen molar-refractivity contribution in [3.8, 4) is 0 Å². The molecule has 2 nitrogen and oxygen atoms in total. The van der Waals surface area contributed by atoms with Crippen LogP contribution in [0.5, 0.6) is 0 Å². The Hall–Kier alpha value is -1.03. The van der Waals surface area contributed by atoms with Crippen molar-refractivity contribution in [3.63, 3.8) is 0 Å². The minimum absolute atomic E-state index is 0.0228. The van der Waals surface area contributed by atoms with E-state index in [-0.39, 0.29) is 11.3 Å². The van der Waals surface area contributed by atoms with Gasteiger partial charge in [-0.1, -0.05) is 23.7 Å². The van der Waals surface area contributed by atoms with Crippen LogP contribution in [0, 0.1) is 6.92 Å². The van der Waals surface area contributed by atoms with E-state index in [2.05, 4.69) is 5.32 Å². The number of halogens is 2. The molecule has 1 N–H and O–H groups in total. The third kappa shape index (κ3) is 2.34. The molecule has 0 spiro atoms. The van der Waals surface area contributed by atoms with Crippen molar-refractivity contribution in [3.05, 3.63) is 55.7 Å². The second kappa shape index (κ2) is 5.40. The number of amides is 1. The number of aryl methyl sites for hydroxylation is 1. The van der Waals surface area contributed by atoms with Crippen molar-refractivity contribution in [1.29, 1.82) is 0 Å². The number of thiophene rings is 1. The number of hydrogen-bond donors (Lipinski definition) is 1. The second-order valence-electron chi connectivity index (χ2n) is 4.88. The molecule has 0 fully saturated rings. The molecule has 1 aliphatic rings. The third-order valence-electron chi connectivity index (χ3n) is 3.51. The zero-order chi connectivity index (χ0) is 14.3. The van der Waals surface area contributed by atoms with E-state index in [9.17, 15) is 4.79 Å². The third-order valence-corrected chi connectivity index (χ3v) is 5.88. The summed E-state index contributed by atoms with van der Waals surface area (Å²) < 4.78 is 0. The number of nitrogens with one attached hydrogen (secondary N) is 1. The summed E-state index contributed by atoms with van der Waals surface area (Å²) in [6.07, 6.45) is 0.868. The zero-order valence-corrected chi connectivity index (χ0v) is 13.2. The van der Waals surface area contributed by atoms with Crippen LogP contribution in [-0.4, -0.2) is 12.5 Å². The average Bonchev–Trinajstić information content (AvgIpc) is 2.78. The Morgan fingerprint density at radius 3 is 2.90 bits per heavy atom. The van der Waals surface area contributed by atoms with Crippen molar-refractivity contribution < 1.29 is 4.79 Å². The molecule has 0 saturated carbocycles. The first kappa shape index (κ1) is 13.9. The topological polar surface area (TPSA) is 29.1 Å². The summed E-state index contributed by atoms with van der Waals surface area (Å²) in [6, 6.07) is 5.86. The van der Waals surface area contributed by atoms with Gasteiger partial charge in [0.2, 0.25) is 0 Å². The Morgan fingerprint density at radius 1 is 1.40 bits per heavy atom. The maximum atomic E-state index is 11.9. The molecule has 2 heterocycles. The van der Waals surface area contributed by atoms with Gasteiger partial charge < -0.3 is 5.32 Å². The van der Waals surface area contributed by atoms with Crippen LogP contribution in [0.4, 0.5) is 0 Å². The Bertz CT molecular complexity index is 681. The van der Waals surface area contributed by atoms with Crippen molar-refractivity contribution in [2.45, 2.75) is 18.7 Å². The molecular formula is C15H13Cl2NOS. The number of alkyl halides is 1. The van der Waals surface area contributed by atoms with Crippen molar-refractivity contribution in [1.82, 2.24) is 5.32 Å². The quantitative estimate of drug-likeness (QED) is 0.818. The predicted octanol–water partition coefficient (Wildman–Crippen LogP) is 4.32. The average molecular weight is 326 g/mol. The zero-order valence-electron chi connectivity index (χ0n) is 10.9. The standard InChI is InChI=1S/C15H13Cl2NOS/c1-8-7-20-14(12(8)16)13(17)10-3-2-9-4-5-18-15(19)11(9)6-10/h2-3,6-7,13H,4-5H2,1H3,(H,18,19). The molecule has 0 bridgehead atoms. The Balaban J connectivity index is 2.00. The van der Waals surface area contributed by atoms with Crippen LogP contribution in [0.1, 0.15) is 37.3 Å². The minimum Gasteiger partial charge on any atom is -0.352 e. The lowest BCUT2D eigenvalue weighted by molar-refractivity contribution is 0.0946. The number of carbonyl (C=O) groups is 1. The first-order valence-electron chi connectivity index (χ1n) is 6.36. The van der Waals surface area contributed by atoms with Gasteiger partial charge in [0.05, 0.1) is 10.4 Å². The van der Waals surface area contributed by atoms with Gasteiger partial charge >= 0.3 is 0 Å². The molecule has 2 aromatic rings. The summed E-state index contributed by atoms with van der Waals surface area (Å²) in [5.74, 6) is -0.0228. The summed E-state index contributed by atoms with van der Waals surface area (Å²) in [5.41, 5.74) is 3.75. The minimum atomic E-state index is -0.318. The van der Waals surface area contributed by atoms with E-state index in [0.717, 1.165) is 38.6 Å². The van der Waals surface area contributed by atoms with Gasteiger partial charge in [0, 0.05) is 17.0 Å². The summed E-state index contributed by atoms with van der Waals surface area (Å²) in [5, 5.41) is 5.25. The van der Waals surface area contributed by atoms with Crippen LogP contribution < -0.4 is 5.32 Å². The number of fused-ring (bicyclic) bond motifs is 1. The highest BCUT2D eigenvalue weighted by molar-refractivity contribution is 7.11. The fourth-order valence-corrected chi connectivity index (χ4v) is 4.12. The van der Waals surface area contributed by atoms with Gasteiger partial charge in [-0.2, -0.15) is 0 Å². The molecule has 0 saturated heterocycles. The monoisotopic (exact) mass is 325 g/mol. The molecule has 1 aromatic carbocycles. The highest BCUT2D eigenvalue weighted by Gasteiger charge is 2.22. The number of carbonyl (C=O) groups excluding carboxylic acids is 1. The molecule has 1 aromatic heterocycles. The van der Waals surface area contributed by atoms with Gasteiger partial charge in [-0.3, -0.25) is 4.79 Å². The fraction of sp³-hybridized carbons (Fsp3) is 0.267. The van der Waals surface area contributed by atoms with Crippen LogP contribution in [0.2, 0.25) is 5.02 Å². The molecule has 1 aliphatic heterocycles. The lowest BCUT2D eigenvalue weighted by atomic mass is 9.96. The molecule has 0 aliphatic carbocycles. The van der Waals surface area contributed by atoms with E-state index in [0.29, 0.717) is 6.54 Å². The maximum absolute atomic E-state index is 11.9. The van der Waals surface area contributed by atoms with Crippen LogP contribution in [0.15, 0.2) is 23.6 Å². The largest absolute Gasteiger partial charge is 0.352 e. The van der Waals surface area contributed by atoms with Crippen LogP contribution in [-0.2, 0) is 6.42 Å². The van der Waals surface area contributed by atoms with Gasteiger partial charge in [-0.25, -0.2) is 0 Å². The Morgan fingerprint density at radius 2 is 2.20 bits per heavy atom. The molecular weight excluding hydrogens is 313 g/mol. The van der Waals surface area contributed by atoms with Crippen molar-refractivity contribution in [2.24, 2.45) is 0 Å². The number of hydrogen-bond acceptors (Lipinski definition) is 2. The van der Waals surface area contributed by atoms with E-state index < -0.39 is 0 Å². The van der Waals surface area contributed by atoms with Gasteiger partial charge in [0.1, 0.15) is 0 Å². The molecule has 0 radical (unpaired) electrons. The van der Waals surface area contributed by atoms with Gasteiger partial charge in [-0.05, 0) is 41.5 Å². The fourth-order valence-electron chi connectivity index (χ4n) is 2.36. The summed E-state index contributed by atoms with van der Waals surface area (Å²) in [7, 11) is 0. The van der Waals surface area contributed by atoms with Crippen LogP contribution >= 0.6 is 34.5 Å². The van der Waals surface area contributed by atoms with Crippen LogP contribution in [0.3, 0.4) is 0 Å². The predicted molar refractivity (Wildman–Crippen MR) is 84.2 cm³/mol. The van der Waals surface area contributed by atoms with Crippen molar-refractivity contribution >= 4 is 40.4 Å². The summed E-state index contributed by atoms with van der Waals surface area (Å²) in [6.45, 7) is 2.66. The smallest absolute Gasteiger partial charge is 0.251 e. The molecule has 20 heavy (non-hydrogen) atoms. The van der Waals surface area contributed by atoms with E-state index in [1.54, 1.807) is 11.3 Å². The van der Waals surface area contributed by atoms with Crippen LogP contribution in [0.25, 0.3) is 0 Å². The molecule has 5 heteroatoms. The first-order valence-corrected chi connectivity index (χ1v) is 8.06. The van der Waals surface area contributed by atoms with Gasteiger partial charge in [0.25, 0.3) is 5.91 Å². The summed E-state index contributed by atoms with van der Waals surface area (Å²) in [4.78, 5) is 12.8. The SMILES string of the molecule is Cc1csc(C(Cl)c2ccc3c(c2)C(=O)NCC3)c1Cl. The van der Waals surface area contributed by atoms with Gasteiger partial charge in [0.15, 0.2) is 0 Å². The molecule has 1 atom stereocenters. The molecule has 1 unspecified atom stereocenters. The van der Waals surface area contributed by atoms with E-state index in [4.69, 9.17) is 23.2 Å². The molecule has 104 valence electrons. The molecule has 1 amide bonds. The highest BCUT2D eigenvalue weighted by atomic mass is 35.5. The van der Waals surface area contributed by atoms with E-state index in [1.165, 1.54) is 0 Å². The second-order valence-corrected chi connectivity index (χ2v) is 6.61. The van der Waals surface area contributed by atoms with E-state index in [1.807, 2.05) is 30.5 Å². The van der Waals surface area contributed by atoms with Gasteiger partial charge in [-0.15, -0.1) is 22.9 Å². The molecule has 3 rings (SSSR count). The lowest BCUT2D eigenvalue weighted by Gasteiger charge is -2.18. The first-order chi connectivity index (χ1) is 9.58. The summed E-state index contributed by atoms with van der Waals surface area (Å²) >= 11 is 14.4.